The highest BCUT2D eigenvalue weighted by Gasteiger charge is 2.17. The molecule has 0 aliphatic carbocycles. The van der Waals surface area contributed by atoms with Crippen molar-refractivity contribution in [2.45, 2.75) is 45.6 Å². The first-order valence-corrected chi connectivity index (χ1v) is 9.12. The zero-order chi connectivity index (χ0) is 18.8. The van der Waals surface area contributed by atoms with Crippen molar-refractivity contribution >= 4 is 5.96 Å². The molecule has 0 bridgehead atoms. The topological polar surface area (TPSA) is 64.1 Å². The average molecular weight is 367 g/mol. The Hall–Kier alpha value is -1.70. The van der Waals surface area contributed by atoms with E-state index in [1.165, 1.54) is 6.07 Å². The molecule has 7 heteroatoms. The third-order valence-electron chi connectivity index (χ3n) is 4.03. The van der Waals surface area contributed by atoms with Gasteiger partial charge in [-0.3, -0.25) is 0 Å². The monoisotopic (exact) mass is 367 g/mol. The molecule has 2 atom stereocenters. The van der Waals surface area contributed by atoms with Crippen molar-refractivity contribution < 1.29 is 18.6 Å². The fraction of sp³-hybridized carbons (Fsp3) is 0.632. The first-order valence-electron chi connectivity index (χ1n) is 9.12. The molecule has 0 aromatic heterocycles. The summed E-state index contributed by atoms with van der Waals surface area (Å²) in [5.41, 5.74) is 1.47. The van der Waals surface area contributed by atoms with Crippen molar-refractivity contribution in [2.75, 3.05) is 33.5 Å². The van der Waals surface area contributed by atoms with E-state index in [1.807, 2.05) is 6.92 Å². The lowest BCUT2D eigenvalue weighted by molar-refractivity contribution is 0.0347. The summed E-state index contributed by atoms with van der Waals surface area (Å²) in [5, 5.41) is 6.56. The molecule has 1 aromatic rings. The van der Waals surface area contributed by atoms with E-state index >= 15 is 0 Å². The molecule has 1 saturated heterocycles. The minimum Gasteiger partial charge on any atom is -0.380 e. The fourth-order valence-corrected chi connectivity index (χ4v) is 2.68. The number of ether oxygens (including phenoxy) is 3. The van der Waals surface area contributed by atoms with E-state index in [9.17, 15) is 4.39 Å². The van der Waals surface area contributed by atoms with Crippen LogP contribution in [-0.4, -0.2) is 51.6 Å². The molecule has 0 amide bonds. The third-order valence-corrected chi connectivity index (χ3v) is 4.03. The zero-order valence-corrected chi connectivity index (χ0v) is 15.9. The quantitative estimate of drug-likeness (QED) is 0.518. The number of nitrogens with one attached hydrogen (secondary N) is 2. The Morgan fingerprint density at radius 1 is 1.46 bits per heavy atom. The Bertz CT molecular complexity index is 577. The van der Waals surface area contributed by atoms with E-state index in [1.54, 1.807) is 19.2 Å². The van der Waals surface area contributed by atoms with Crippen molar-refractivity contribution in [3.8, 4) is 0 Å². The van der Waals surface area contributed by atoms with E-state index in [2.05, 4.69) is 22.5 Å². The normalized spacial score (nSPS) is 18.8. The van der Waals surface area contributed by atoms with Gasteiger partial charge in [-0.1, -0.05) is 6.07 Å². The van der Waals surface area contributed by atoms with Gasteiger partial charge < -0.3 is 24.8 Å². The molecule has 0 saturated carbocycles. The summed E-state index contributed by atoms with van der Waals surface area (Å²) in [6, 6.07) is 5.11. The molecule has 0 radical (unpaired) electrons. The minimum atomic E-state index is -0.258. The van der Waals surface area contributed by atoms with Crippen molar-refractivity contribution in [1.29, 1.82) is 0 Å². The van der Waals surface area contributed by atoms with Crippen LogP contribution < -0.4 is 10.6 Å². The second-order valence-corrected chi connectivity index (χ2v) is 6.42. The lowest BCUT2D eigenvalue weighted by Crippen LogP contribution is -2.44. The van der Waals surface area contributed by atoms with Crippen LogP contribution in [0.2, 0.25) is 0 Å². The van der Waals surface area contributed by atoms with Crippen molar-refractivity contribution in [3.63, 3.8) is 0 Å². The Kier molecular flexibility index (Phi) is 8.80. The summed E-state index contributed by atoms with van der Waals surface area (Å²) in [4.78, 5) is 4.59. The van der Waals surface area contributed by atoms with E-state index in [-0.39, 0.29) is 24.6 Å². The lowest BCUT2D eigenvalue weighted by Gasteiger charge is -2.19. The first kappa shape index (κ1) is 20.6. The van der Waals surface area contributed by atoms with Crippen LogP contribution in [0.1, 0.15) is 31.4 Å². The van der Waals surface area contributed by atoms with Gasteiger partial charge in [-0.05, 0) is 38.0 Å². The third kappa shape index (κ3) is 6.90. The summed E-state index contributed by atoms with van der Waals surface area (Å²) in [5.74, 6) is 0.454. The van der Waals surface area contributed by atoms with Gasteiger partial charge in [0.2, 0.25) is 0 Å². The number of hydrogen-bond acceptors (Lipinski definition) is 4. The van der Waals surface area contributed by atoms with Crippen LogP contribution in [0.15, 0.2) is 23.2 Å². The van der Waals surface area contributed by atoms with Gasteiger partial charge in [0.25, 0.3) is 0 Å². The number of benzene rings is 1. The molecule has 2 rings (SSSR count). The van der Waals surface area contributed by atoms with Crippen LogP contribution in [0.25, 0.3) is 0 Å². The largest absolute Gasteiger partial charge is 0.380 e. The number of rotatable bonds is 9. The van der Waals surface area contributed by atoms with Gasteiger partial charge in [-0.25, -0.2) is 9.38 Å². The lowest BCUT2D eigenvalue weighted by atomic mass is 10.1. The predicted octanol–water partition coefficient (Wildman–Crippen LogP) is 2.22. The highest BCUT2D eigenvalue weighted by Crippen LogP contribution is 2.12. The van der Waals surface area contributed by atoms with Gasteiger partial charge in [0.1, 0.15) is 5.82 Å². The maximum atomic E-state index is 13.7. The molecule has 2 N–H and O–H groups in total. The number of hydrogen-bond donors (Lipinski definition) is 2. The van der Waals surface area contributed by atoms with Crippen LogP contribution in [0.4, 0.5) is 4.39 Å². The van der Waals surface area contributed by atoms with E-state index in [4.69, 9.17) is 14.2 Å². The van der Waals surface area contributed by atoms with Gasteiger partial charge in [-0.2, -0.15) is 0 Å². The number of methoxy groups -OCH3 is 1. The maximum Gasteiger partial charge on any atom is 0.191 e. The summed E-state index contributed by atoms with van der Waals surface area (Å²) in [6.07, 6.45) is 1.15. The molecule has 1 aromatic carbocycles. The van der Waals surface area contributed by atoms with Crippen molar-refractivity contribution in [1.82, 2.24) is 10.6 Å². The Labute approximate surface area is 155 Å². The molecule has 0 spiro atoms. The molecule has 26 heavy (non-hydrogen) atoms. The summed E-state index contributed by atoms with van der Waals surface area (Å²) >= 11 is 0. The van der Waals surface area contributed by atoms with Crippen LogP contribution in [0, 0.1) is 5.82 Å². The Morgan fingerprint density at radius 3 is 3.00 bits per heavy atom. The van der Waals surface area contributed by atoms with Crippen LogP contribution in [0.3, 0.4) is 0 Å². The minimum absolute atomic E-state index is 0.116. The fourth-order valence-electron chi connectivity index (χ4n) is 2.68. The summed E-state index contributed by atoms with van der Waals surface area (Å²) < 4.78 is 29.9. The summed E-state index contributed by atoms with van der Waals surface area (Å²) in [6.45, 7) is 7.58. The average Bonchev–Trinajstić information content (AvgIpc) is 3.14. The van der Waals surface area contributed by atoms with Crippen LogP contribution in [0.5, 0.6) is 0 Å². The smallest absolute Gasteiger partial charge is 0.191 e. The van der Waals surface area contributed by atoms with Crippen LogP contribution in [-0.2, 0) is 27.4 Å². The zero-order valence-electron chi connectivity index (χ0n) is 15.9. The Morgan fingerprint density at radius 2 is 2.31 bits per heavy atom. The highest BCUT2D eigenvalue weighted by atomic mass is 19.1. The van der Waals surface area contributed by atoms with Crippen LogP contribution >= 0.6 is 0 Å². The van der Waals surface area contributed by atoms with Gasteiger partial charge >= 0.3 is 0 Å². The molecule has 1 heterocycles. The molecule has 1 aliphatic rings. The molecule has 146 valence electrons. The second kappa shape index (κ2) is 11.1. The van der Waals surface area contributed by atoms with E-state index < -0.39 is 0 Å². The van der Waals surface area contributed by atoms with Gasteiger partial charge in [-0.15, -0.1) is 0 Å². The predicted molar refractivity (Wildman–Crippen MR) is 99.7 cm³/mol. The number of guanidine groups is 1. The maximum absolute atomic E-state index is 13.7. The molecule has 2 unspecified atom stereocenters. The highest BCUT2D eigenvalue weighted by molar-refractivity contribution is 5.80. The van der Waals surface area contributed by atoms with E-state index in [0.29, 0.717) is 31.3 Å². The first-order chi connectivity index (χ1) is 12.6. The summed E-state index contributed by atoms with van der Waals surface area (Å²) in [7, 11) is 1.55. The van der Waals surface area contributed by atoms with Gasteiger partial charge in [0.15, 0.2) is 5.96 Å². The van der Waals surface area contributed by atoms with Crippen molar-refractivity contribution in [3.05, 3.63) is 35.1 Å². The SMILES string of the molecule is CCNC(=NCc1ccc(F)c(COC)c1)NC(C)COC1CCOC1. The van der Waals surface area contributed by atoms with Gasteiger partial charge in [0, 0.05) is 31.9 Å². The number of aliphatic imine (C=N–C) groups is 1. The standard InChI is InChI=1S/C19H30FN3O3/c1-4-21-19(23-14(2)11-26-17-7-8-25-13-17)22-10-15-5-6-18(20)16(9-15)12-24-3/h5-6,9,14,17H,4,7-8,10-13H2,1-3H3,(H2,21,22,23). The molecular weight excluding hydrogens is 337 g/mol. The molecule has 1 aliphatic heterocycles. The molecule has 6 nitrogen and oxygen atoms in total. The Balaban J connectivity index is 1.89. The molecule has 1 fully saturated rings. The molecular formula is C19H30FN3O3. The van der Waals surface area contributed by atoms with Crippen molar-refractivity contribution in [2.24, 2.45) is 4.99 Å². The van der Waals surface area contributed by atoms with Gasteiger partial charge in [0.05, 0.1) is 32.5 Å². The second-order valence-electron chi connectivity index (χ2n) is 6.42. The van der Waals surface area contributed by atoms with E-state index in [0.717, 1.165) is 25.1 Å². The number of nitrogens with zero attached hydrogens (tertiary/aromatic N) is 1. The number of halogens is 1.